The number of hydrogen-bond donors (Lipinski definition) is 0. The third-order valence-electron chi connectivity index (χ3n) is 2.79. The van der Waals surface area contributed by atoms with E-state index in [1.165, 1.54) is 0 Å². The number of rotatable bonds is 7. The fourth-order valence-electron chi connectivity index (χ4n) is 1.63. The average molecular weight is 313 g/mol. The highest BCUT2D eigenvalue weighted by atomic mass is 79.9. The number of Topliss-reactive ketones (excluding diaryl/α,β-unsaturated/α-hetero) is 1. The van der Waals surface area contributed by atoms with Crippen molar-refractivity contribution < 1.29 is 9.53 Å². The van der Waals surface area contributed by atoms with Crippen molar-refractivity contribution in [3.63, 3.8) is 0 Å². The highest BCUT2D eigenvalue weighted by Gasteiger charge is 2.34. The van der Waals surface area contributed by atoms with Crippen molar-refractivity contribution in [1.82, 2.24) is 0 Å². The molecule has 1 rings (SSSR count). The van der Waals surface area contributed by atoms with E-state index in [-0.39, 0.29) is 5.78 Å². The Bertz CT molecular complexity index is 375. The van der Waals surface area contributed by atoms with E-state index in [0.717, 1.165) is 5.56 Å². The molecule has 0 heterocycles. The fraction of sp³-hybridized carbons (Fsp3) is 0.533. The van der Waals surface area contributed by atoms with Gasteiger partial charge < -0.3 is 4.74 Å². The second kappa shape index (κ2) is 7.05. The molecule has 0 aliphatic rings. The summed E-state index contributed by atoms with van der Waals surface area (Å²) < 4.78 is 5.02. The standard InChI is InChI=1S/C15H21BrO2/c1-4-15(16,11-18-10-12(2)3)14(17)13-8-6-5-7-9-13/h5-9,12H,4,10-11H2,1-3H3. The first kappa shape index (κ1) is 15.4. The molecular formula is C15H21BrO2. The molecule has 0 saturated heterocycles. The van der Waals surface area contributed by atoms with Crippen LogP contribution in [0, 0.1) is 5.92 Å². The molecule has 1 aromatic rings. The number of ether oxygens (including phenoxy) is 1. The van der Waals surface area contributed by atoms with Gasteiger partial charge in [-0.3, -0.25) is 4.79 Å². The Labute approximate surface area is 118 Å². The van der Waals surface area contributed by atoms with Gasteiger partial charge in [-0.25, -0.2) is 0 Å². The molecule has 0 amide bonds. The van der Waals surface area contributed by atoms with Crippen LogP contribution in [0.25, 0.3) is 0 Å². The van der Waals surface area contributed by atoms with Gasteiger partial charge in [0.1, 0.15) is 4.32 Å². The van der Waals surface area contributed by atoms with Crippen molar-refractivity contribution in [2.75, 3.05) is 13.2 Å². The maximum Gasteiger partial charge on any atom is 0.181 e. The van der Waals surface area contributed by atoms with E-state index in [1.807, 2.05) is 37.3 Å². The van der Waals surface area contributed by atoms with Crippen LogP contribution in [-0.4, -0.2) is 23.3 Å². The lowest BCUT2D eigenvalue weighted by atomic mass is 9.96. The first-order chi connectivity index (χ1) is 8.49. The van der Waals surface area contributed by atoms with E-state index in [0.29, 0.717) is 25.6 Å². The summed E-state index contributed by atoms with van der Waals surface area (Å²) in [7, 11) is 0. The third-order valence-corrected chi connectivity index (χ3v) is 3.94. The van der Waals surface area contributed by atoms with E-state index in [2.05, 4.69) is 29.8 Å². The van der Waals surface area contributed by atoms with Crippen LogP contribution in [0.1, 0.15) is 37.6 Å². The first-order valence-electron chi connectivity index (χ1n) is 6.36. The van der Waals surface area contributed by atoms with Crippen molar-refractivity contribution >= 4 is 21.7 Å². The summed E-state index contributed by atoms with van der Waals surface area (Å²) in [6.07, 6.45) is 0.707. The summed E-state index contributed by atoms with van der Waals surface area (Å²) >= 11 is 3.56. The van der Waals surface area contributed by atoms with Crippen molar-refractivity contribution in [2.45, 2.75) is 31.5 Å². The SMILES string of the molecule is CCC(Br)(COCC(C)C)C(=O)c1ccccc1. The Hall–Kier alpha value is -0.670. The van der Waals surface area contributed by atoms with Crippen molar-refractivity contribution in [3.8, 4) is 0 Å². The molecule has 0 spiro atoms. The predicted octanol–water partition coefficient (Wildman–Crippen LogP) is 4.09. The zero-order valence-electron chi connectivity index (χ0n) is 11.3. The highest BCUT2D eigenvalue weighted by Crippen LogP contribution is 2.28. The van der Waals surface area contributed by atoms with E-state index in [1.54, 1.807) is 0 Å². The van der Waals surface area contributed by atoms with Gasteiger partial charge in [-0.1, -0.05) is 67.0 Å². The van der Waals surface area contributed by atoms with Crippen LogP contribution in [0.2, 0.25) is 0 Å². The summed E-state index contributed by atoms with van der Waals surface area (Å²) in [4.78, 5) is 12.4. The maximum absolute atomic E-state index is 12.4. The number of alkyl halides is 1. The molecular weight excluding hydrogens is 292 g/mol. The first-order valence-corrected chi connectivity index (χ1v) is 7.15. The number of benzene rings is 1. The van der Waals surface area contributed by atoms with E-state index in [4.69, 9.17) is 4.74 Å². The van der Waals surface area contributed by atoms with Gasteiger partial charge in [0.25, 0.3) is 0 Å². The minimum Gasteiger partial charge on any atom is -0.379 e. The minimum absolute atomic E-state index is 0.0920. The molecule has 18 heavy (non-hydrogen) atoms. The lowest BCUT2D eigenvalue weighted by Gasteiger charge is -2.25. The molecule has 0 saturated carbocycles. The van der Waals surface area contributed by atoms with Gasteiger partial charge in [-0.2, -0.15) is 0 Å². The largest absolute Gasteiger partial charge is 0.379 e. The Morgan fingerprint density at radius 3 is 2.44 bits per heavy atom. The summed E-state index contributed by atoms with van der Waals surface area (Å²) in [6, 6.07) is 9.36. The third kappa shape index (κ3) is 4.21. The van der Waals surface area contributed by atoms with E-state index in [9.17, 15) is 4.79 Å². The molecule has 0 radical (unpaired) electrons. The van der Waals surface area contributed by atoms with Crippen molar-refractivity contribution in [3.05, 3.63) is 35.9 Å². The zero-order chi connectivity index (χ0) is 13.6. The van der Waals surface area contributed by atoms with Gasteiger partial charge in [-0.15, -0.1) is 0 Å². The normalized spacial score (nSPS) is 14.5. The van der Waals surface area contributed by atoms with Gasteiger partial charge in [0.15, 0.2) is 5.78 Å². The van der Waals surface area contributed by atoms with E-state index < -0.39 is 4.32 Å². The summed E-state index contributed by atoms with van der Waals surface area (Å²) in [5.74, 6) is 0.569. The molecule has 0 fully saturated rings. The van der Waals surface area contributed by atoms with Crippen LogP contribution in [0.4, 0.5) is 0 Å². The smallest absolute Gasteiger partial charge is 0.181 e. The van der Waals surface area contributed by atoms with Crippen LogP contribution < -0.4 is 0 Å². The molecule has 1 unspecified atom stereocenters. The molecule has 3 heteroatoms. The number of halogens is 1. The predicted molar refractivity (Wildman–Crippen MR) is 78.4 cm³/mol. The summed E-state index contributed by atoms with van der Waals surface area (Å²) in [6.45, 7) is 7.28. The topological polar surface area (TPSA) is 26.3 Å². The molecule has 2 nitrogen and oxygen atoms in total. The van der Waals surface area contributed by atoms with Gasteiger partial charge in [0.2, 0.25) is 0 Å². The molecule has 100 valence electrons. The lowest BCUT2D eigenvalue weighted by molar-refractivity contribution is 0.0703. The second-order valence-corrected chi connectivity index (χ2v) is 6.44. The monoisotopic (exact) mass is 312 g/mol. The average Bonchev–Trinajstić information content (AvgIpc) is 2.38. The van der Waals surface area contributed by atoms with Gasteiger partial charge in [-0.05, 0) is 12.3 Å². The van der Waals surface area contributed by atoms with Crippen LogP contribution in [0.3, 0.4) is 0 Å². The molecule has 0 aliphatic carbocycles. The Morgan fingerprint density at radius 1 is 1.33 bits per heavy atom. The quantitative estimate of drug-likeness (QED) is 0.560. The lowest BCUT2D eigenvalue weighted by Crippen LogP contribution is -2.37. The molecule has 0 bridgehead atoms. The Kier molecular flexibility index (Phi) is 6.03. The molecule has 0 aromatic heterocycles. The Morgan fingerprint density at radius 2 is 1.94 bits per heavy atom. The molecule has 1 aromatic carbocycles. The highest BCUT2D eigenvalue weighted by molar-refractivity contribution is 9.10. The van der Waals surface area contributed by atoms with Crippen LogP contribution in [-0.2, 0) is 4.74 Å². The van der Waals surface area contributed by atoms with Crippen molar-refractivity contribution in [2.24, 2.45) is 5.92 Å². The second-order valence-electron chi connectivity index (χ2n) is 4.92. The van der Waals surface area contributed by atoms with E-state index >= 15 is 0 Å². The van der Waals surface area contributed by atoms with Gasteiger partial charge >= 0.3 is 0 Å². The van der Waals surface area contributed by atoms with Crippen LogP contribution in [0.5, 0.6) is 0 Å². The Balaban J connectivity index is 2.72. The van der Waals surface area contributed by atoms with Crippen LogP contribution in [0.15, 0.2) is 30.3 Å². The van der Waals surface area contributed by atoms with Crippen LogP contribution >= 0.6 is 15.9 Å². The maximum atomic E-state index is 12.4. The number of carbonyl (C=O) groups excluding carboxylic acids is 1. The van der Waals surface area contributed by atoms with Gasteiger partial charge in [0.05, 0.1) is 6.61 Å². The summed E-state index contributed by atoms with van der Waals surface area (Å²) in [5.41, 5.74) is 0.726. The van der Waals surface area contributed by atoms with Gasteiger partial charge in [0, 0.05) is 12.2 Å². The number of carbonyl (C=O) groups is 1. The number of hydrogen-bond acceptors (Lipinski definition) is 2. The molecule has 0 aliphatic heterocycles. The fourth-order valence-corrected chi connectivity index (χ4v) is 2.02. The molecule has 0 N–H and O–H groups in total. The zero-order valence-corrected chi connectivity index (χ0v) is 12.9. The van der Waals surface area contributed by atoms with Crippen molar-refractivity contribution in [1.29, 1.82) is 0 Å². The summed E-state index contributed by atoms with van der Waals surface area (Å²) in [5, 5.41) is 0. The number of ketones is 1. The molecule has 1 atom stereocenters. The minimum atomic E-state index is -0.608.